The first-order valence-corrected chi connectivity index (χ1v) is 6.05. The van der Waals surface area contributed by atoms with Crippen LogP contribution in [0.1, 0.15) is 35.3 Å². The Morgan fingerprint density at radius 1 is 1.26 bits per heavy atom. The second-order valence-corrected chi connectivity index (χ2v) is 5.40. The van der Waals surface area contributed by atoms with Gasteiger partial charge in [0.05, 0.1) is 11.2 Å². The minimum absolute atomic E-state index is 0.151. The molecule has 3 rings (SSSR count). The fourth-order valence-electron chi connectivity index (χ4n) is 2.49. The summed E-state index contributed by atoms with van der Waals surface area (Å²) < 4.78 is 5.14. The maximum Gasteiger partial charge on any atom is 0.344 e. The number of carbonyl (C=O) groups is 1. The smallest absolute Gasteiger partial charge is 0.344 e. The molecule has 0 aromatic heterocycles. The molecule has 2 aromatic carbocycles. The molecule has 98 valence electrons. The average Bonchev–Trinajstić information content (AvgIpc) is 2.63. The second-order valence-electron chi connectivity index (χ2n) is 5.40. The minimum Gasteiger partial charge on any atom is -0.504 e. The van der Waals surface area contributed by atoms with Gasteiger partial charge in [-0.3, -0.25) is 0 Å². The van der Waals surface area contributed by atoms with Crippen LogP contribution in [0, 0.1) is 6.92 Å². The molecule has 0 radical (unpaired) electrons. The van der Waals surface area contributed by atoms with E-state index in [4.69, 9.17) is 4.74 Å². The molecule has 1 aliphatic heterocycles. The van der Waals surface area contributed by atoms with Gasteiger partial charge in [0.2, 0.25) is 0 Å². The number of aromatic hydroxyl groups is 1. The molecule has 0 saturated heterocycles. The lowest BCUT2D eigenvalue weighted by Crippen LogP contribution is -2.15. The summed E-state index contributed by atoms with van der Waals surface area (Å²) in [5.41, 5.74) is 0.550. The van der Waals surface area contributed by atoms with Crippen LogP contribution in [0.5, 0.6) is 11.5 Å². The van der Waals surface area contributed by atoms with Gasteiger partial charge in [-0.05, 0) is 43.9 Å². The zero-order valence-corrected chi connectivity index (χ0v) is 10.9. The average molecular weight is 258 g/mol. The van der Waals surface area contributed by atoms with Gasteiger partial charge >= 0.3 is 5.97 Å². The molecule has 0 fully saturated rings. The highest BCUT2D eigenvalue weighted by atomic mass is 16.5. The third-order valence-electron chi connectivity index (χ3n) is 3.52. The van der Waals surface area contributed by atoms with Gasteiger partial charge in [0, 0.05) is 10.9 Å². The largest absolute Gasteiger partial charge is 0.504 e. The molecule has 4 heteroatoms. The Kier molecular flexibility index (Phi) is 2.20. The van der Waals surface area contributed by atoms with E-state index in [1.54, 1.807) is 26.0 Å². The van der Waals surface area contributed by atoms with Gasteiger partial charge in [0.15, 0.2) is 11.5 Å². The van der Waals surface area contributed by atoms with Crippen molar-refractivity contribution in [2.75, 3.05) is 0 Å². The van der Waals surface area contributed by atoms with E-state index in [0.29, 0.717) is 16.5 Å². The van der Waals surface area contributed by atoms with Crippen LogP contribution in [0.25, 0.3) is 10.8 Å². The highest BCUT2D eigenvalue weighted by Crippen LogP contribution is 2.47. The fraction of sp³-hybridized carbons (Fsp3) is 0.267. The lowest BCUT2D eigenvalue weighted by Gasteiger charge is -2.21. The number of aliphatic hydroxyl groups is 1. The Morgan fingerprint density at radius 3 is 2.58 bits per heavy atom. The normalized spacial score (nSPS) is 14.0. The van der Waals surface area contributed by atoms with Crippen LogP contribution in [-0.4, -0.2) is 16.2 Å². The Bertz CT molecular complexity index is 723. The molecule has 0 unspecified atom stereocenters. The summed E-state index contributed by atoms with van der Waals surface area (Å²) in [7, 11) is 0. The SMILES string of the molecule is Cc1ccc2c3c(c(O)c(C(C)(C)O)cc13)OC2=O. The predicted molar refractivity (Wildman–Crippen MR) is 70.6 cm³/mol. The zero-order valence-electron chi connectivity index (χ0n) is 10.9. The maximum absolute atomic E-state index is 11.8. The Hall–Kier alpha value is -2.07. The zero-order chi connectivity index (χ0) is 13.9. The molecule has 0 spiro atoms. The Morgan fingerprint density at radius 2 is 1.95 bits per heavy atom. The number of carbonyl (C=O) groups excluding carboxylic acids is 1. The van der Waals surface area contributed by atoms with E-state index in [1.165, 1.54) is 0 Å². The summed E-state index contributed by atoms with van der Waals surface area (Å²) in [6, 6.07) is 5.24. The van der Waals surface area contributed by atoms with Crippen LogP contribution < -0.4 is 4.74 Å². The fourth-order valence-corrected chi connectivity index (χ4v) is 2.49. The standard InChI is InChI=1S/C15H14O4/c1-7-4-5-8-11-9(7)6-10(15(2,3)18)12(16)13(11)19-14(8)17/h4-6,16,18H,1-3H3. The topological polar surface area (TPSA) is 66.8 Å². The van der Waals surface area contributed by atoms with Crippen molar-refractivity contribution in [3.63, 3.8) is 0 Å². The van der Waals surface area contributed by atoms with Gasteiger partial charge in [-0.25, -0.2) is 4.79 Å². The minimum atomic E-state index is -1.22. The summed E-state index contributed by atoms with van der Waals surface area (Å²) in [5.74, 6) is -0.487. The molecule has 4 nitrogen and oxygen atoms in total. The van der Waals surface area contributed by atoms with E-state index < -0.39 is 11.6 Å². The van der Waals surface area contributed by atoms with E-state index in [-0.39, 0.29) is 11.5 Å². The van der Waals surface area contributed by atoms with Gasteiger partial charge in [-0.15, -0.1) is 0 Å². The van der Waals surface area contributed by atoms with Crippen molar-refractivity contribution in [3.8, 4) is 11.5 Å². The molecule has 1 heterocycles. The molecular formula is C15H14O4. The van der Waals surface area contributed by atoms with Gasteiger partial charge in [-0.1, -0.05) is 6.07 Å². The Labute approximate surface area is 110 Å². The molecule has 2 aromatic rings. The predicted octanol–water partition coefficient (Wildman–Crippen LogP) is 2.61. The Balaban J connectivity index is 2.50. The number of aryl methyl sites for hydroxylation is 1. The first kappa shape index (κ1) is 12.0. The number of hydrogen-bond donors (Lipinski definition) is 2. The van der Waals surface area contributed by atoms with Gasteiger partial charge < -0.3 is 14.9 Å². The summed E-state index contributed by atoms with van der Waals surface area (Å²) in [6.45, 7) is 5.07. The van der Waals surface area contributed by atoms with Crippen molar-refractivity contribution in [3.05, 3.63) is 34.9 Å². The molecule has 2 N–H and O–H groups in total. The van der Waals surface area contributed by atoms with Crippen LogP contribution in [0.2, 0.25) is 0 Å². The molecule has 0 saturated carbocycles. The number of phenols is 1. The molecule has 19 heavy (non-hydrogen) atoms. The first-order chi connectivity index (χ1) is 8.80. The van der Waals surface area contributed by atoms with Gasteiger partial charge in [0.25, 0.3) is 0 Å². The molecular weight excluding hydrogens is 244 g/mol. The summed E-state index contributed by atoms with van der Waals surface area (Å²) in [6.07, 6.45) is 0. The molecule has 0 amide bonds. The van der Waals surface area contributed by atoms with Crippen molar-refractivity contribution in [1.29, 1.82) is 0 Å². The number of ether oxygens (including phenoxy) is 1. The third kappa shape index (κ3) is 1.53. The third-order valence-corrected chi connectivity index (χ3v) is 3.52. The molecule has 0 bridgehead atoms. The molecule has 0 atom stereocenters. The summed E-state index contributed by atoms with van der Waals surface area (Å²) in [5, 5.41) is 21.8. The van der Waals surface area contributed by atoms with Crippen LogP contribution in [-0.2, 0) is 5.60 Å². The first-order valence-electron chi connectivity index (χ1n) is 6.05. The number of phenolic OH excluding ortho intramolecular Hbond substituents is 1. The number of rotatable bonds is 1. The van der Waals surface area contributed by atoms with E-state index in [2.05, 4.69) is 0 Å². The van der Waals surface area contributed by atoms with Crippen molar-refractivity contribution < 1.29 is 19.7 Å². The van der Waals surface area contributed by atoms with Crippen molar-refractivity contribution in [2.24, 2.45) is 0 Å². The van der Waals surface area contributed by atoms with Crippen LogP contribution in [0.15, 0.2) is 18.2 Å². The highest BCUT2D eigenvalue weighted by Gasteiger charge is 2.32. The monoisotopic (exact) mass is 258 g/mol. The summed E-state index contributed by atoms with van der Waals surface area (Å²) in [4.78, 5) is 11.8. The molecule has 1 aliphatic rings. The molecule has 0 aliphatic carbocycles. The second kappa shape index (κ2) is 3.48. The summed E-state index contributed by atoms with van der Waals surface area (Å²) >= 11 is 0. The number of esters is 1. The van der Waals surface area contributed by atoms with E-state index >= 15 is 0 Å². The van der Waals surface area contributed by atoms with E-state index in [1.807, 2.05) is 13.0 Å². The van der Waals surface area contributed by atoms with Crippen molar-refractivity contribution in [2.45, 2.75) is 26.4 Å². The van der Waals surface area contributed by atoms with Crippen molar-refractivity contribution in [1.82, 2.24) is 0 Å². The van der Waals surface area contributed by atoms with Crippen molar-refractivity contribution >= 4 is 16.7 Å². The lowest BCUT2D eigenvalue weighted by molar-refractivity contribution is 0.0711. The number of benzene rings is 2. The lowest BCUT2D eigenvalue weighted by atomic mass is 9.91. The van der Waals surface area contributed by atoms with Gasteiger partial charge in [-0.2, -0.15) is 0 Å². The number of hydrogen-bond acceptors (Lipinski definition) is 4. The van der Waals surface area contributed by atoms with E-state index in [0.717, 1.165) is 10.9 Å². The van der Waals surface area contributed by atoms with Crippen LogP contribution >= 0.6 is 0 Å². The van der Waals surface area contributed by atoms with E-state index in [9.17, 15) is 15.0 Å². The maximum atomic E-state index is 11.8. The highest BCUT2D eigenvalue weighted by molar-refractivity contribution is 6.14. The van der Waals surface area contributed by atoms with Crippen LogP contribution in [0.3, 0.4) is 0 Å². The quantitative estimate of drug-likeness (QED) is 0.609. The van der Waals surface area contributed by atoms with Gasteiger partial charge in [0.1, 0.15) is 0 Å². The van der Waals surface area contributed by atoms with Crippen LogP contribution in [0.4, 0.5) is 0 Å².